The Kier molecular flexibility index (Phi) is 5.04. The molecule has 0 aromatic heterocycles. The number of methoxy groups -OCH3 is 1. The van der Waals surface area contributed by atoms with Crippen LogP contribution in [0.1, 0.15) is 18.4 Å². The second-order valence-corrected chi connectivity index (χ2v) is 4.97. The van der Waals surface area contributed by atoms with E-state index in [0.717, 1.165) is 17.7 Å². The van der Waals surface area contributed by atoms with Gasteiger partial charge in [0, 0.05) is 31.8 Å². The molecule has 2 rings (SSSR count). The molecule has 4 nitrogen and oxygen atoms in total. The molecule has 1 aromatic carbocycles. The van der Waals surface area contributed by atoms with Gasteiger partial charge in [-0.1, -0.05) is 17.7 Å². The minimum atomic E-state index is 0.110. The third-order valence-electron chi connectivity index (χ3n) is 3.20. The number of ether oxygens (including phenoxy) is 2. The van der Waals surface area contributed by atoms with Crippen molar-refractivity contribution in [1.29, 1.82) is 0 Å². The molecule has 0 unspecified atom stereocenters. The third-order valence-corrected chi connectivity index (χ3v) is 3.52. The molecule has 20 heavy (non-hydrogen) atoms. The van der Waals surface area contributed by atoms with Crippen molar-refractivity contribution in [1.82, 2.24) is 4.90 Å². The molecule has 1 aliphatic rings. The summed E-state index contributed by atoms with van der Waals surface area (Å²) in [5, 5.41) is 0.577. The van der Waals surface area contributed by atoms with Crippen LogP contribution in [0.2, 0.25) is 5.02 Å². The number of nitrogens with zero attached hydrogens (tertiary/aromatic N) is 1. The summed E-state index contributed by atoms with van der Waals surface area (Å²) in [4.78, 5) is 13.4. The van der Waals surface area contributed by atoms with E-state index in [1.54, 1.807) is 25.1 Å². The molecule has 1 aliphatic heterocycles. The molecule has 0 bridgehead atoms. The fourth-order valence-corrected chi connectivity index (χ4v) is 2.37. The average Bonchev–Trinajstić information content (AvgIpc) is 2.43. The fourth-order valence-electron chi connectivity index (χ4n) is 2.10. The SMILES string of the molecule is COCCOc1ccc(C2=CCCC(=O)N2C)c(Cl)c1. The third kappa shape index (κ3) is 3.32. The number of halogens is 1. The summed E-state index contributed by atoms with van der Waals surface area (Å²) < 4.78 is 10.4. The van der Waals surface area contributed by atoms with Crippen LogP contribution in [0.5, 0.6) is 5.75 Å². The van der Waals surface area contributed by atoms with Gasteiger partial charge >= 0.3 is 0 Å². The zero-order valence-corrected chi connectivity index (χ0v) is 12.4. The predicted molar refractivity (Wildman–Crippen MR) is 78.8 cm³/mol. The van der Waals surface area contributed by atoms with Gasteiger partial charge in [0.2, 0.25) is 5.91 Å². The number of amides is 1. The van der Waals surface area contributed by atoms with Gasteiger partial charge in [0.05, 0.1) is 11.6 Å². The lowest BCUT2D eigenvalue weighted by Gasteiger charge is -2.25. The molecule has 1 aromatic rings. The lowest BCUT2D eigenvalue weighted by atomic mass is 10.0. The molecule has 0 saturated heterocycles. The number of allylic oxidation sites excluding steroid dienone is 1. The van der Waals surface area contributed by atoms with Crippen LogP contribution in [0.4, 0.5) is 0 Å². The number of benzene rings is 1. The van der Waals surface area contributed by atoms with Crippen LogP contribution in [0.15, 0.2) is 24.3 Å². The van der Waals surface area contributed by atoms with E-state index in [2.05, 4.69) is 0 Å². The highest BCUT2D eigenvalue weighted by atomic mass is 35.5. The van der Waals surface area contributed by atoms with Crippen molar-refractivity contribution in [3.8, 4) is 5.75 Å². The van der Waals surface area contributed by atoms with Crippen molar-refractivity contribution in [3.63, 3.8) is 0 Å². The van der Waals surface area contributed by atoms with Crippen molar-refractivity contribution >= 4 is 23.2 Å². The molecule has 0 atom stereocenters. The molecule has 0 N–H and O–H groups in total. The molecule has 1 amide bonds. The van der Waals surface area contributed by atoms with Gasteiger partial charge in [0.15, 0.2) is 0 Å². The molecule has 1 heterocycles. The van der Waals surface area contributed by atoms with Crippen molar-refractivity contribution in [3.05, 3.63) is 34.9 Å². The Balaban J connectivity index is 2.17. The largest absolute Gasteiger partial charge is 0.491 e. The summed E-state index contributed by atoms with van der Waals surface area (Å²) in [6.07, 6.45) is 3.34. The second-order valence-electron chi connectivity index (χ2n) is 4.56. The van der Waals surface area contributed by atoms with E-state index in [1.165, 1.54) is 0 Å². The summed E-state index contributed by atoms with van der Waals surface area (Å²) >= 11 is 6.30. The highest BCUT2D eigenvalue weighted by molar-refractivity contribution is 6.32. The molecule has 0 saturated carbocycles. The highest BCUT2D eigenvalue weighted by Gasteiger charge is 2.20. The van der Waals surface area contributed by atoms with Gasteiger partial charge in [-0.3, -0.25) is 4.79 Å². The monoisotopic (exact) mass is 295 g/mol. The van der Waals surface area contributed by atoms with Crippen LogP contribution in [0, 0.1) is 0 Å². The van der Waals surface area contributed by atoms with E-state index in [1.807, 2.05) is 18.2 Å². The van der Waals surface area contributed by atoms with E-state index < -0.39 is 0 Å². The van der Waals surface area contributed by atoms with Gasteiger partial charge < -0.3 is 14.4 Å². The second kappa shape index (κ2) is 6.77. The number of rotatable bonds is 5. The normalized spacial score (nSPS) is 15.2. The van der Waals surface area contributed by atoms with Crippen LogP contribution >= 0.6 is 11.6 Å². The quantitative estimate of drug-likeness (QED) is 0.784. The smallest absolute Gasteiger partial charge is 0.227 e. The summed E-state index contributed by atoms with van der Waals surface area (Å²) in [7, 11) is 3.40. The molecule has 5 heteroatoms. The Hall–Kier alpha value is -1.52. The molecule has 0 aliphatic carbocycles. The van der Waals surface area contributed by atoms with Crippen molar-refractivity contribution in [2.75, 3.05) is 27.4 Å². The lowest BCUT2D eigenvalue weighted by molar-refractivity contribution is -0.127. The van der Waals surface area contributed by atoms with E-state index in [0.29, 0.717) is 30.4 Å². The van der Waals surface area contributed by atoms with Crippen LogP contribution in [-0.2, 0) is 9.53 Å². The summed E-state index contributed by atoms with van der Waals surface area (Å²) in [5.41, 5.74) is 1.70. The number of carbonyl (C=O) groups excluding carboxylic acids is 1. The maximum Gasteiger partial charge on any atom is 0.227 e. The molecule has 0 radical (unpaired) electrons. The number of hydrogen-bond donors (Lipinski definition) is 0. The number of carbonyl (C=O) groups is 1. The van der Waals surface area contributed by atoms with Gasteiger partial charge in [0.25, 0.3) is 0 Å². The zero-order valence-electron chi connectivity index (χ0n) is 11.7. The Morgan fingerprint density at radius 2 is 2.15 bits per heavy atom. The zero-order chi connectivity index (χ0) is 14.5. The average molecular weight is 296 g/mol. The van der Waals surface area contributed by atoms with Gasteiger partial charge in [-0.15, -0.1) is 0 Å². The van der Waals surface area contributed by atoms with E-state index in [-0.39, 0.29) is 5.91 Å². The summed E-state index contributed by atoms with van der Waals surface area (Å²) in [6, 6.07) is 5.50. The van der Waals surface area contributed by atoms with E-state index >= 15 is 0 Å². The fraction of sp³-hybridized carbons (Fsp3) is 0.400. The van der Waals surface area contributed by atoms with Crippen LogP contribution in [-0.4, -0.2) is 38.2 Å². The van der Waals surface area contributed by atoms with E-state index in [9.17, 15) is 4.79 Å². The highest BCUT2D eigenvalue weighted by Crippen LogP contribution is 2.32. The molecule has 0 fully saturated rings. The topological polar surface area (TPSA) is 38.8 Å². The van der Waals surface area contributed by atoms with Crippen molar-refractivity contribution in [2.45, 2.75) is 12.8 Å². The minimum Gasteiger partial charge on any atom is -0.491 e. The Morgan fingerprint density at radius 1 is 1.35 bits per heavy atom. The predicted octanol–water partition coefficient (Wildman–Crippen LogP) is 2.96. The van der Waals surface area contributed by atoms with Crippen molar-refractivity contribution < 1.29 is 14.3 Å². The van der Waals surface area contributed by atoms with Crippen molar-refractivity contribution in [2.24, 2.45) is 0 Å². The molecular weight excluding hydrogens is 278 g/mol. The van der Waals surface area contributed by atoms with Gasteiger partial charge in [-0.2, -0.15) is 0 Å². The van der Waals surface area contributed by atoms with Crippen LogP contribution in [0.3, 0.4) is 0 Å². The first-order valence-corrected chi connectivity index (χ1v) is 6.89. The maximum absolute atomic E-state index is 11.7. The molecular formula is C15H18ClNO3. The molecule has 108 valence electrons. The van der Waals surface area contributed by atoms with Gasteiger partial charge in [-0.25, -0.2) is 0 Å². The van der Waals surface area contributed by atoms with Gasteiger partial charge in [-0.05, 0) is 24.6 Å². The minimum absolute atomic E-state index is 0.110. The first kappa shape index (κ1) is 14.9. The van der Waals surface area contributed by atoms with Gasteiger partial charge in [0.1, 0.15) is 12.4 Å². The standard InChI is InChI=1S/C15H18ClNO3/c1-17-14(4-3-5-15(17)18)12-7-6-11(10-13(12)16)20-9-8-19-2/h4,6-7,10H,3,5,8-9H2,1-2H3. The van der Waals surface area contributed by atoms with Crippen LogP contribution < -0.4 is 4.74 Å². The first-order valence-electron chi connectivity index (χ1n) is 6.52. The molecule has 0 spiro atoms. The Morgan fingerprint density at radius 3 is 2.85 bits per heavy atom. The Labute approximate surface area is 123 Å². The summed E-state index contributed by atoms with van der Waals surface area (Å²) in [5.74, 6) is 0.806. The number of hydrogen-bond acceptors (Lipinski definition) is 3. The Bertz CT molecular complexity index is 528. The van der Waals surface area contributed by atoms with E-state index in [4.69, 9.17) is 21.1 Å². The maximum atomic E-state index is 11.7. The van der Waals surface area contributed by atoms with Crippen LogP contribution in [0.25, 0.3) is 5.70 Å². The lowest BCUT2D eigenvalue weighted by Crippen LogP contribution is -2.27. The summed E-state index contributed by atoms with van der Waals surface area (Å²) in [6.45, 7) is 1.01. The first-order chi connectivity index (χ1) is 9.63.